The Morgan fingerprint density at radius 1 is 1.29 bits per heavy atom. The van der Waals surface area contributed by atoms with Crippen LogP contribution in [0.1, 0.15) is 37.3 Å². The van der Waals surface area contributed by atoms with Crippen molar-refractivity contribution < 1.29 is 32.2 Å². The van der Waals surface area contributed by atoms with Crippen LogP contribution in [0.3, 0.4) is 0 Å². The Morgan fingerprint density at radius 2 is 1.96 bits per heavy atom. The highest BCUT2D eigenvalue weighted by Gasteiger charge is 2.52. The third-order valence-corrected chi connectivity index (χ3v) is 4.50. The summed E-state index contributed by atoms with van der Waals surface area (Å²) in [7, 11) is 0. The summed E-state index contributed by atoms with van der Waals surface area (Å²) in [6.45, 7) is 3.62. The van der Waals surface area contributed by atoms with E-state index in [9.17, 15) is 22.8 Å². The molecular formula is C17H17F3O4. The first-order valence-corrected chi connectivity index (χ1v) is 7.64. The molecule has 0 spiro atoms. The first-order chi connectivity index (χ1) is 11.1. The molecule has 4 nitrogen and oxygen atoms in total. The van der Waals surface area contributed by atoms with E-state index in [1.807, 2.05) is 0 Å². The molecule has 0 amide bonds. The Kier molecular flexibility index (Phi) is 3.85. The lowest BCUT2D eigenvalue weighted by Gasteiger charge is -2.21. The summed E-state index contributed by atoms with van der Waals surface area (Å²) in [5.41, 5.74) is -1.27. The summed E-state index contributed by atoms with van der Waals surface area (Å²) in [4.78, 5) is 23.9. The maximum Gasteiger partial charge on any atom is 0.416 e. The van der Waals surface area contributed by atoms with Crippen LogP contribution in [-0.2, 0) is 25.2 Å². The summed E-state index contributed by atoms with van der Waals surface area (Å²) >= 11 is 0. The standard InChI is InChI=1S/C17H17F3O4/c1-16(2)8-23-15(22)13(16)24-14(21)11-7-10(11)9-5-3-4-6-12(9)17(18,19)20/h3-6,10-11,13H,7-8H2,1-2H3/t10?,11?,13-/m0/s1. The summed E-state index contributed by atoms with van der Waals surface area (Å²) < 4.78 is 49.3. The highest BCUT2D eigenvalue weighted by atomic mass is 19.4. The van der Waals surface area contributed by atoms with Gasteiger partial charge in [-0.2, -0.15) is 13.2 Å². The SMILES string of the molecule is CC1(C)COC(=O)[C@@H]1OC(=O)C1CC1c1ccccc1C(F)(F)F. The van der Waals surface area contributed by atoms with Gasteiger partial charge in [0.05, 0.1) is 11.5 Å². The van der Waals surface area contributed by atoms with Gasteiger partial charge < -0.3 is 9.47 Å². The minimum atomic E-state index is -4.47. The Hall–Kier alpha value is -2.05. The van der Waals surface area contributed by atoms with E-state index in [0.29, 0.717) is 0 Å². The van der Waals surface area contributed by atoms with Gasteiger partial charge in [-0.15, -0.1) is 0 Å². The smallest absolute Gasteiger partial charge is 0.416 e. The molecule has 2 fully saturated rings. The molecule has 0 bridgehead atoms. The van der Waals surface area contributed by atoms with Crippen molar-refractivity contribution in [2.24, 2.45) is 11.3 Å². The van der Waals surface area contributed by atoms with Gasteiger partial charge in [0.15, 0.2) is 0 Å². The topological polar surface area (TPSA) is 52.6 Å². The number of alkyl halides is 3. The second-order valence-electron chi connectivity index (χ2n) is 6.95. The van der Waals surface area contributed by atoms with Gasteiger partial charge in [0.25, 0.3) is 0 Å². The minimum absolute atomic E-state index is 0.0974. The molecule has 24 heavy (non-hydrogen) atoms. The molecule has 1 saturated heterocycles. The van der Waals surface area contributed by atoms with Crippen molar-refractivity contribution in [2.45, 2.75) is 38.5 Å². The van der Waals surface area contributed by atoms with Gasteiger partial charge in [-0.3, -0.25) is 4.79 Å². The number of cyclic esters (lactones) is 1. The van der Waals surface area contributed by atoms with Crippen LogP contribution in [0, 0.1) is 11.3 Å². The summed E-state index contributed by atoms with van der Waals surface area (Å²) in [5, 5.41) is 0. The third-order valence-electron chi connectivity index (χ3n) is 4.50. The van der Waals surface area contributed by atoms with Crippen molar-refractivity contribution in [3.8, 4) is 0 Å². The van der Waals surface area contributed by atoms with E-state index in [1.54, 1.807) is 13.8 Å². The molecule has 2 aliphatic rings. The highest BCUT2D eigenvalue weighted by Crippen LogP contribution is 2.52. The van der Waals surface area contributed by atoms with Crippen LogP contribution in [0.4, 0.5) is 13.2 Å². The predicted octanol–water partition coefficient (Wildman–Crippen LogP) is 3.30. The van der Waals surface area contributed by atoms with Crippen LogP contribution < -0.4 is 0 Å². The second-order valence-corrected chi connectivity index (χ2v) is 6.95. The van der Waals surface area contributed by atoms with Gasteiger partial charge in [0, 0.05) is 5.41 Å². The largest absolute Gasteiger partial charge is 0.462 e. The quantitative estimate of drug-likeness (QED) is 0.791. The van der Waals surface area contributed by atoms with Crippen LogP contribution in [0.5, 0.6) is 0 Å². The highest BCUT2D eigenvalue weighted by molar-refractivity contribution is 5.84. The van der Waals surface area contributed by atoms with Crippen molar-refractivity contribution in [3.05, 3.63) is 35.4 Å². The fourth-order valence-electron chi connectivity index (χ4n) is 3.02. The van der Waals surface area contributed by atoms with Crippen LogP contribution >= 0.6 is 0 Å². The van der Waals surface area contributed by atoms with Crippen molar-refractivity contribution in [1.29, 1.82) is 0 Å². The molecule has 1 aromatic rings. The molecule has 2 unspecified atom stereocenters. The Morgan fingerprint density at radius 3 is 2.54 bits per heavy atom. The molecular weight excluding hydrogens is 325 g/mol. The lowest BCUT2D eigenvalue weighted by Crippen LogP contribution is -2.35. The maximum atomic E-state index is 13.1. The maximum absolute atomic E-state index is 13.1. The number of halogens is 3. The van der Waals surface area contributed by atoms with E-state index in [4.69, 9.17) is 9.47 Å². The van der Waals surface area contributed by atoms with Gasteiger partial charge in [0.2, 0.25) is 6.10 Å². The Bertz CT molecular complexity index is 681. The fraction of sp³-hybridized carbons (Fsp3) is 0.529. The van der Waals surface area contributed by atoms with E-state index in [0.717, 1.165) is 6.07 Å². The number of rotatable bonds is 3. The zero-order valence-corrected chi connectivity index (χ0v) is 13.2. The number of carbonyl (C=O) groups is 2. The predicted molar refractivity (Wildman–Crippen MR) is 76.9 cm³/mol. The number of benzene rings is 1. The van der Waals surface area contributed by atoms with Crippen molar-refractivity contribution in [1.82, 2.24) is 0 Å². The molecule has 0 N–H and O–H groups in total. The van der Waals surface area contributed by atoms with Crippen LogP contribution in [-0.4, -0.2) is 24.6 Å². The summed E-state index contributed by atoms with van der Waals surface area (Å²) in [6.07, 6.45) is -5.19. The monoisotopic (exact) mass is 342 g/mol. The average Bonchev–Trinajstić information content (AvgIpc) is 3.25. The van der Waals surface area contributed by atoms with Crippen LogP contribution in [0.15, 0.2) is 24.3 Å². The Balaban J connectivity index is 1.72. The molecule has 0 radical (unpaired) electrons. The zero-order chi connectivity index (χ0) is 17.7. The number of hydrogen-bond acceptors (Lipinski definition) is 4. The summed E-state index contributed by atoms with van der Waals surface area (Å²) in [5.74, 6) is -2.44. The number of esters is 2. The fourth-order valence-corrected chi connectivity index (χ4v) is 3.02. The van der Waals surface area contributed by atoms with Crippen LogP contribution in [0.25, 0.3) is 0 Å². The van der Waals surface area contributed by atoms with Crippen molar-refractivity contribution >= 4 is 11.9 Å². The lowest BCUT2D eigenvalue weighted by atomic mass is 9.90. The molecule has 0 aromatic heterocycles. The van der Waals surface area contributed by atoms with E-state index in [1.165, 1.54) is 18.2 Å². The molecule has 1 heterocycles. The summed E-state index contributed by atoms with van der Waals surface area (Å²) in [6, 6.07) is 5.23. The van der Waals surface area contributed by atoms with Gasteiger partial charge >= 0.3 is 18.1 Å². The molecule has 1 aromatic carbocycles. The first kappa shape index (κ1) is 16.8. The molecule has 1 aliphatic heterocycles. The molecule has 3 atom stereocenters. The van der Waals surface area contributed by atoms with E-state index in [-0.39, 0.29) is 18.6 Å². The average molecular weight is 342 g/mol. The van der Waals surface area contributed by atoms with Crippen LogP contribution in [0.2, 0.25) is 0 Å². The molecule has 1 aliphatic carbocycles. The van der Waals surface area contributed by atoms with E-state index < -0.39 is 47.0 Å². The normalized spacial score (nSPS) is 28.4. The molecule has 130 valence electrons. The Labute approximate surface area is 136 Å². The minimum Gasteiger partial charge on any atom is -0.462 e. The van der Waals surface area contributed by atoms with Gasteiger partial charge in [-0.1, -0.05) is 32.0 Å². The number of ether oxygens (including phenoxy) is 2. The second kappa shape index (κ2) is 5.50. The van der Waals surface area contributed by atoms with Crippen molar-refractivity contribution in [2.75, 3.05) is 6.61 Å². The van der Waals surface area contributed by atoms with Gasteiger partial charge in [0.1, 0.15) is 6.61 Å². The molecule has 3 rings (SSSR count). The van der Waals surface area contributed by atoms with Gasteiger partial charge in [-0.25, -0.2) is 4.79 Å². The third kappa shape index (κ3) is 2.99. The van der Waals surface area contributed by atoms with Crippen molar-refractivity contribution in [3.63, 3.8) is 0 Å². The lowest BCUT2D eigenvalue weighted by molar-refractivity contribution is -0.164. The first-order valence-electron chi connectivity index (χ1n) is 7.64. The molecule has 7 heteroatoms. The van der Waals surface area contributed by atoms with Gasteiger partial charge in [-0.05, 0) is 24.0 Å². The van der Waals surface area contributed by atoms with E-state index >= 15 is 0 Å². The zero-order valence-electron chi connectivity index (χ0n) is 13.2. The molecule has 1 saturated carbocycles. The van der Waals surface area contributed by atoms with E-state index in [2.05, 4.69) is 0 Å². The number of carbonyl (C=O) groups excluding carboxylic acids is 2. The number of hydrogen-bond donors (Lipinski definition) is 0.